The highest BCUT2D eigenvalue weighted by Gasteiger charge is 2.28. The molecule has 0 unspecified atom stereocenters. The number of hydrogen-bond donors (Lipinski definition) is 1. The number of carbonyl (C=O) groups excluding carboxylic acids is 2. The Hall–Kier alpha value is -1.62. The van der Waals surface area contributed by atoms with Crippen molar-refractivity contribution in [1.29, 1.82) is 0 Å². The summed E-state index contributed by atoms with van der Waals surface area (Å²) in [4.78, 5) is 23.5. The molecule has 1 aromatic heterocycles. The van der Waals surface area contributed by atoms with Gasteiger partial charge in [-0.05, 0) is 46.7 Å². The van der Waals surface area contributed by atoms with Crippen LogP contribution in [0.25, 0.3) is 6.08 Å². The van der Waals surface area contributed by atoms with Crippen LogP contribution in [0.4, 0.5) is 0 Å². The average molecular weight is 321 g/mol. The lowest BCUT2D eigenvalue weighted by Crippen LogP contribution is -2.45. The first-order valence-electron chi connectivity index (χ1n) is 7.72. The van der Waals surface area contributed by atoms with Crippen molar-refractivity contribution in [1.82, 2.24) is 5.32 Å². The third-order valence-corrected chi connectivity index (χ3v) is 5.06. The molecular formula is C17H23NO3S. The molecule has 1 N–H and O–H groups in total. The maximum atomic E-state index is 11.9. The van der Waals surface area contributed by atoms with E-state index in [0.29, 0.717) is 11.8 Å². The van der Waals surface area contributed by atoms with Crippen LogP contribution in [-0.4, -0.2) is 24.5 Å². The Morgan fingerprint density at radius 1 is 1.41 bits per heavy atom. The van der Waals surface area contributed by atoms with E-state index >= 15 is 0 Å². The van der Waals surface area contributed by atoms with Gasteiger partial charge in [0, 0.05) is 12.1 Å². The van der Waals surface area contributed by atoms with Crippen LogP contribution in [0.5, 0.6) is 0 Å². The predicted molar refractivity (Wildman–Crippen MR) is 88.4 cm³/mol. The van der Waals surface area contributed by atoms with Crippen LogP contribution in [0.3, 0.4) is 0 Å². The highest BCUT2D eigenvalue weighted by Crippen LogP contribution is 2.29. The van der Waals surface area contributed by atoms with E-state index in [9.17, 15) is 9.59 Å². The quantitative estimate of drug-likeness (QED) is 0.669. The summed E-state index contributed by atoms with van der Waals surface area (Å²) in [6.07, 6.45) is 6.39. The zero-order valence-corrected chi connectivity index (χ0v) is 13.9. The van der Waals surface area contributed by atoms with Crippen molar-refractivity contribution in [2.75, 3.05) is 6.61 Å². The normalized spacial score (nSPS) is 25.1. The van der Waals surface area contributed by atoms with Crippen molar-refractivity contribution in [2.24, 2.45) is 11.8 Å². The molecule has 0 aliphatic heterocycles. The molecule has 1 saturated carbocycles. The van der Waals surface area contributed by atoms with Gasteiger partial charge in [-0.15, -0.1) is 0 Å². The number of ether oxygens (including phenoxy) is 1. The summed E-state index contributed by atoms with van der Waals surface area (Å²) in [5.74, 6) is 0.372. The van der Waals surface area contributed by atoms with Crippen molar-refractivity contribution in [2.45, 2.75) is 39.2 Å². The average Bonchev–Trinajstić information content (AvgIpc) is 3.01. The zero-order valence-electron chi connectivity index (χ0n) is 13.1. The van der Waals surface area contributed by atoms with Crippen molar-refractivity contribution < 1.29 is 14.3 Å². The van der Waals surface area contributed by atoms with Crippen LogP contribution in [-0.2, 0) is 14.3 Å². The smallest absolute Gasteiger partial charge is 0.331 e. The second-order valence-corrected chi connectivity index (χ2v) is 6.72. The number of nitrogens with one attached hydrogen (secondary N) is 1. The summed E-state index contributed by atoms with van der Waals surface area (Å²) < 4.78 is 4.97. The summed E-state index contributed by atoms with van der Waals surface area (Å²) in [7, 11) is 0. The summed E-state index contributed by atoms with van der Waals surface area (Å²) in [5, 5.41) is 6.85. The Morgan fingerprint density at radius 3 is 2.95 bits per heavy atom. The molecule has 0 bridgehead atoms. The van der Waals surface area contributed by atoms with E-state index < -0.39 is 5.97 Å². The molecule has 120 valence electrons. The van der Waals surface area contributed by atoms with Crippen LogP contribution in [0.1, 0.15) is 38.7 Å². The third-order valence-electron chi connectivity index (χ3n) is 4.35. The Bertz CT molecular complexity index is 524. The van der Waals surface area contributed by atoms with Crippen LogP contribution in [0.15, 0.2) is 22.9 Å². The second-order valence-electron chi connectivity index (χ2n) is 5.94. The maximum Gasteiger partial charge on any atom is 0.331 e. The summed E-state index contributed by atoms with van der Waals surface area (Å²) >= 11 is 1.56. The topological polar surface area (TPSA) is 55.4 Å². The molecule has 5 heteroatoms. The number of thiophene rings is 1. The van der Waals surface area contributed by atoms with Gasteiger partial charge in [0.15, 0.2) is 6.61 Å². The molecule has 1 aliphatic carbocycles. The highest BCUT2D eigenvalue weighted by atomic mass is 32.1. The fraction of sp³-hybridized carbons (Fsp3) is 0.529. The zero-order chi connectivity index (χ0) is 15.9. The molecule has 0 radical (unpaired) electrons. The summed E-state index contributed by atoms with van der Waals surface area (Å²) in [6, 6.07) is 2.10. The largest absolute Gasteiger partial charge is 0.452 e. The van der Waals surface area contributed by atoms with Gasteiger partial charge in [0.2, 0.25) is 0 Å². The monoisotopic (exact) mass is 321 g/mol. The number of amides is 1. The third kappa shape index (κ3) is 4.98. The molecule has 2 rings (SSSR count). The maximum absolute atomic E-state index is 11.9. The Balaban J connectivity index is 1.72. The fourth-order valence-corrected chi connectivity index (χ4v) is 3.38. The number of esters is 1. The lowest BCUT2D eigenvalue weighted by molar-refractivity contribution is -0.144. The first-order valence-corrected chi connectivity index (χ1v) is 8.67. The first-order chi connectivity index (χ1) is 10.6. The second kappa shape index (κ2) is 8.13. The van der Waals surface area contributed by atoms with Crippen molar-refractivity contribution in [3.63, 3.8) is 0 Å². The minimum absolute atomic E-state index is 0.191. The minimum atomic E-state index is -0.494. The lowest BCUT2D eigenvalue weighted by Gasteiger charge is -2.34. The molecule has 0 aromatic carbocycles. The highest BCUT2D eigenvalue weighted by molar-refractivity contribution is 7.08. The van der Waals surface area contributed by atoms with Gasteiger partial charge in [-0.25, -0.2) is 4.79 Å². The molecule has 1 amide bonds. The van der Waals surface area contributed by atoms with Crippen LogP contribution in [0, 0.1) is 11.8 Å². The van der Waals surface area contributed by atoms with Crippen LogP contribution >= 0.6 is 11.3 Å². The van der Waals surface area contributed by atoms with Gasteiger partial charge in [0.1, 0.15) is 0 Å². The fourth-order valence-electron chi connectivity index (χ4n) is 2.75. The molecule has 4 nitrogen and oxygen atoms in total. The van der Waals surface area contributed by atoms with Gasteiger partial charge >= 0.3 is 5.97 Å². The molecule has 1 fully saturated rings. The molecule has 22 heavy (non-hydrogen) atoms. The van der Waals surface area contributed by atoms with E-state index in [0.717, 1.165) is 18.4 Å². The molecular weight excluding hydrogens is 298 g/mol. The Morgan fingerprint density at radius 2 is 2.23 bits per heavy atom. The van der Waals surface area contributed by atoms with Crippen LogP contribution < -0.4 is 5.32 Å². The van der Waals surface area contributed by atoms with Gasteiger partial charge in [-0.3, -0.25) is 4.79 Å². The number of hydrogen-bond acceptors (Lipinski definition) is 4. The van der Waals surface area contributed by atoms with E-state index in [4.69, 9.17) is 4.74 Å². The van der Waals surface area contributed by atoms with Gasteiger partial charge in [-0.2, -0.15) is 11.3 Å². The van der Waals surface area contributed by atoms with Gasteiger partial charge in [0.25, 0.3) is 5.91 Å². The Labute approximate surface area is 135 Å². The van der Waals surface area contributed by atoms with E-state index in [2.05, 4.69) is 19.2 Å². The minimum Gasteiger partial charge on any atom is -0.452 e. The molecule has 0 spiro atoms. The number of carbonyl (C=O) groups is 2. The SMILES string of the molecule is C[C@@H]1[C@H](C)CCC[C@H]1NC(=O)COC(=O)/C=C/c1ccsc1. The van der Waals surface area contributed by atoms with Crippen LogP contribution in [0.2, 0.25) is 0 Å². The van der Waals surface area contributed by atoms with Crippen molar-refractivity contribution in [3.05, 3.63) is 28.5 Å². The van der Waals surface area contributed by atoms with E-state index in [1.54, 1.807) is 17.4 Å². The van der Waals surface area contributed by atoms with Gasteiger partial charge in [0.05, 0.1) is 0 Å². The molecule has 0 saturated heterocycles. The standard InChI is InChI=1S/C17H23NO3S/c1-12-4-3-5-15(13(12)2)18-16(19)10-21-17(20)7-6-14-8-9-22-11-14/h6-9,11-13,15H,3-5,10H2,1-2H3,(H,18,19)/b7-6+/t12-,13-,15-/m1/s1. The molecule has 1 aromatic rings. The van der Waals surface area contributed by atoms with Crippen molar-refractivity contribution in [3.8, 4) is 0 Å². The van der Waals surface area contributed by atoms with E-state index in [-0.39, 0.29) is 18.6 Å². The first kappa shape index (κ1) is 16.7. The molecule has 3 atom stereocenters. The predicted octanol–water partition coefficient (Wildman–Crippen LogP) is 3.25. The molecule has 1 aliphatic rings. The number of rotatable bonds is 5. The van der Waals surface area contributed by atoms with Gasteiger partial charge in [-0.1, -0.05) is 26.7 Å². The van der Waals surface area contributed by atoms with Gasteiger partial charge < -0.3 is 10.1 Å². The lowest BCUT2D eigenvalue weighted by atomic mass is 9.78. The van der Waals surface area contributed by atoms with Crippen molar-refractivity contribution >= 4 is 29.3 Å². The van der Waals surface area contributed by atoms with E-state index in [1.807, 2.05) is 16.8 Å². The Kier molecular flexibility index (Phi) is 6.19. The summed E-state index contributed by atoms with van der Waals surface area (Å²) in [5.41, 5.74) is 0.955. The summed E-state index contributed by atoms with van der Waals surface area (Å²) in [6.45, 7) is 4.17. The molecule has 1 heterocycles. The van der Waals surface area contributed by atoms with E-state index in [1.165, 1.54) is 12.5 Å².